The van der Waals surface area contributed by atoms with E-state index in [-0.39, 0.29) is 11.7 Å². The van der Waals surface area contributed by atoms with Gasteiger partial charge in [-0.1, -0.05) is 18.2 Å². The van der Waals surface area contributed by atoms with Crippen molar-refractivity contribution in [3.8, 4) is 11.5 Å². The van der Waals surface area contributed by atoms with Crippen molar-refractivity contribution in [3.05, 3.63) is 58.8 Å². The maximum atomic E-state index is 12.4. The lowest BCUT2D eigenvalue weighted by Gasteiger charge is -2.14. The summed E-state index contributed by atoms with van der Waals surface area (Å²) >= 11 is 0. The number of benzene rings is 2. The molecule has 27 heavy (non-hydrogen) atoms. The number of hydrogen-bond acceptors (Lipinski definition) is 4. The average molecular weight is 367 g/mol. The number of rotatable bonds is 6. The second kappa shape index (κ2) is 7.74. The van der Waals surface area contributed by atoms with Gasteiger partial charge in [0.25, 0.3) is 0 Å². The van der Waals surface area contributed by atoms with E-state index in [1.54, 1.807) is 19.1 Å². The van der Waals surface area contributed by atoms with E-state index < -0.39 is 0 Å². The average Bonchev–Trinajstić information content (AvgIpc) is 2.88. The minimum Gasteiger partial charge on any atom is -0.508 e. The predicted molar refractivity (Wildman–Crippen MR) is 106 cm³/mol. The Labute approximate surface area is 159 Å². The molecule has 0 aliphatic rings. The van der Waals surface area contributed by atoms with E-state index in [0.29, 0.717) is 30.7 Å². The van der Waals surface area contributed by atoms with Crippen LogP contribution in [-0.4, -0.2) is 28.9 Å². The zero-order valence-corrected chi connectivity index (χ0v) is 16.2. The Morgan fingerprint density at radius 2 is 1.81 bits per heavy atom. The molecular weight excluding hydrogens is 342 g/mol. The van der Waals surface area contributed by atoms with Gasteiger partial charge in [0.05, 0.1) is 18.7 Å². The maximum Gasteiger partial charge on any atom is 0.340 e. The molecule has 0 unspecified atom stereocenters. The normalized spacial score (nSPS) is 11.0. The second-order valence-electron chi connectivity index (χ2n) is 6.60. The molecule has 0 saturated heterocycles. The molecular formula is C22H25NO4. The van der Waals surface area contributed by atoms with Crippen LogP contribution >= 0.6 is 0 Å². The largest absolute Gasteiger partial charge is 0.508 e. The molecule has 1 N–H and O–H groups in total. The monoisotopic (exact) mass is 367 g/mol. The molecule has 0 aliphatic carbocycles. The van der Waals surface area contributed by atoms with Gasteiger partial charge in [0, 0.05) is 16.6 Å². The van der Waals surface area contributed by atoms with Gasteiger partial charge in [-0.15, -0.1) is 0 Å². The topological polar surface area (TPSA) is 60.7 Å². The van der Waals surface area contributed by atoms with Crippen LogP contribution in [0.3, 0.4) is 0 Å². The third-order valence-corrected chi connectivity index (χ3v) is 4.76. The van der Waals surface area contributed by atoms with Crippen LogP contribution in [0, 0.1) is 20.8 Å². The number of esters is 1. The summed E-state index contributed by atoms with van der Waals surface area (Å²) in [6.45, 7) is 9.09. The number of phenols is 1. The highest BCUT2D eigenvalue weighted by Gasteiger charge is 2.21. The van der Waals surface area contributed by atoms with E-state index in [4.69, 9.17) is 9.47 Å². The highest BCUT2D eigenvalue weighted by atomic mass is 16.5. The number of carbonyl (C=O) groups excluding carboxylic acids is 1. The number of ether oxygens (including phenoxy) is 2. The summed E-state index contributed by atoms with van der Waals surface area (Å²) in [5.41, 5.74) is 4.37. The highest BCUT2D eigenvalue weighted by Crippen LogP contribution is 2.30. The Balaban J connectivity index is 1.92. The van der Waals surface area contributed by atoms with Crippen LogP contribution in [0.15, 0.2) is 36.4 Å². The van der Waals surface area contributed by atoms with Crippen molar-refractivity contribution in [2.24, 2.45) is 0 Å². The van der Waals surface area contributed by atoms with Crippen LogP contribution in [0.1, 0.15) is 34.1 Å². The maximum absolute atomic E-state index is 12.4. The third kappa shape index (κ3) is 3.63. The number of carbonyl (C=O) groups is 1. The summed E-state index contributed by atoms with van der Waals surface area (Å²) in [4.78, 5) is 12.4. The van der Waals surface area contributed by atoms with E-state index in [1.807, 2.05) is 49.6 Å². The number of aromatic nitrogens is 1. The van der Waals surface area contributed by atoms with Gasteiger partial charge in [-0.05, 0) is 57.0 Å². The van der Waals surface area contributed by atoms with Gasteiger partial charge in [0.1, 0.15) is 18.1 Å². The molecule has 0 fully saturated rings. The Bertz CT molecular complexity index is 967. The first-order chi connectivity index (χ1) is 12.9. The third-order valence-electron chi connectivity index (χ3n) is 4.76. The molecule has 0 atom stereocenters. The minimum atomic E-state index is -0.375. The fourth-order valence-electron chi connectivity index (χ4n) is 3.49. The molecule has 2 aromatic carbocycles. The lowest BCUT2D eigenvalue weighted by atomic mass is 10.1. The first-order valence-electron chi connectivity index (χ1n) is 9.12. The van der Waals surface area contributed by atoms with Gasteiger partial charge in [-0.2, -0.15) is 0 Å². The minimum absolute atomic E-state index is 0.122. The lowest BCUT2D eigenvalue weighted by Crippen LogP contribution is -2.12. The molecule has 0 saturated carbocycles. The number of fused-ring (bicyclic) bond motifs is 1. The Morgan fingerprint density at radius 1 is 1.11 bits per heavy atom. The molecule has 0 amide bonds. The Morgan fingerprint density at radius 3 is 2.48 bits per heavy atom. The van der Waals surface area contributed by atoms with Crippen LogP contribution in [0.4, 0.5) is 0 Å². The molecule has 0 aliphatic heterocycles. The molecule has 0 radical (unpaired) electrons. The van der Waals surface area contributed by atoms with Gasteiger partial charge in [0.15, 0.2) is 0 Å². The first-order valence-corrected chi connectivity index (χ1v) is 9.12. The number of aryl methyl sites for hydroxylation is 2. The van der Waals surface area contributed by atoms with E-state index in [0.717, 1.165) is 28.1 Å². The van der Waals surface area contributed by atoms with Crippen molar-refractivity contribution >= 4 is 16.9 Å². The van der Waals surface area contributed by atoms with E-state index in [9.17, 15) is 9.90 Å². The quantitative estimate of drug-likeness (QED) is 0.651. The molecule has 142 valence electrons. The summed E-state index contributed by atoms with van der Waals surface area (Å²) < 4.78 is 13.3. The molecule has 0 bridgehead atoms. The highest BCUT2D eigenvalue weighted by molar-refractivity contribution is 6.06. The standard InChI is InChI=1S/C22H25NO4/c1-5-26-22(25)20-16(4)23(19-10-9-17(24)13-18(19)20)11-12-27-21-14(2)7-6-8-15(21)3/h6-10,13,24H,5,11-12H2,1-4H3. The molecule has 5 heteroatoms. The summed E-state index contributed by atoms with van der Waals surface area (Å²) in [6, 6.07) is 11.1. The SMILES string of the molecule is CCOC(=O)c1c(C)n(CCOc2c(C)cccc2C)c2ccc(O)cc12. The molecule has 5 nitrogen and oxygen atoms in total. The fourth-order valence-corrected chi connectivity index (χ4v) is 3.49. The van der Waals surface area contributed by atoms with E-state index in [2.05, 4.69) is 0 Å². The van der Waals surface area contributed by atoms with Crippen molar-refractivity contribution in [1.82, 2.24) is 4.57 Å². The summed E-state index contributed by atoms with van der Waals surface area (Å²) in [5.74, 6) is 0.645. The Kier molecular flexibility index (Phi) is 5.40. The van der Waals surface area contributed by atoms with Gasteiger partial charge in [-0.25, -0.2) is 4.79 Å². The number of nitrogens with zero attached hydrogens (tertiary/aromatic N) is 1. The van der Waals surface area contributed by atoms with Gasteiger partial charge in [-0.3, -0.25) is 0 Å². The van der Waals surface area contributed by atoms with E-state index in [1.165, 1.54) is 0 Å². The summed E-state index contributed by atoms with van der Waals surface area (Å²) in [6.07, 6.45) is 0. The van der Waals surface area contributed by atoms with Crippen molar-refractivity contribution in [1.29, 1.82) is 0 Å². The predicted octanol–water partition coefficient (Wildman–Crippen LogP) is 4.53. The molecule has 3 aromatic rings. The molecule has 0 spiro atoms. The van der Waals surface area contributed by atoms with Crippen LogP contribution in [0.2, 0.25) is 0 Å². The van der Waals surface area contributed by atoms with Crippen LogP contribution < -0.4 is 4.74 Å². The lowest BCUT2D eigenvalue weighted by molar-refractivity contribution is 0.0527. The van der Waals surface area contributed by atoms with E-state index >= 15 is 0 Å². The molecule has 1 aromatic heterocycles. The molecule has 1 heterocycles. The molecule has 3 rings (SSSR count). The van der Waals surface area contributed by atoms with Crippen LogP contribution in [-0.2, 0) is 11.3 Å². The van der Waals surface area contributed by atoms with Crippen LogP contribution in [0.5, 0.6) is 11.5 Å². The van der Waals surface area contributed by atoms with Crippen molar-refractivity contribution in [3.63, 3.8) is 0 Å². The van der Waals surface area contributed by atoms with Gasteiger partial charge < -0.3 is 19.1 Å². The summed E-state index contributed by atoms with van der Waals surface area (Å²) in [7, 11) is 0. The fraction of sp³-hybridized carbons (Fsp3) is 0.318. The number of hydrogen-bond donors (Lipinski definition) is 1. The van der Waals surface area contributed by atoms with Crippen LogP contribution in [0.25, 0.3) is 10.9 Å². The second-order valence-corrected chi connectivity index (χ2v) is 6.60. The van der Waals surface area contributed by atoms with Crippen molar-refractivity contribution < 1.29 is 19.4 Å². The number of phenolic OH excluding ortho intramolecular Hbond substituents is 1. The Hall–Kier alpha value is -2.95. The van der Waals surface area contributed by atoms with Crippen molar-refractivity contribution in [2.45, 2.75) is 34.2 Å². The van der Waals surface area contributed by atoms with Gasteiger partial charge in [0.2, 0.25) is 0 Å². The zero-order chi connectivity index (χ0) is 19.6. The number of para-hydroxylation sites is 1. The smallest absolute Gasteiger partial charge is 0.340 e. The van der Waals surface area contributed by atoms with Gasteiger partial charge >= 0.3 is 5.97 Å². The number of aromatic hydroxyl groups is 1. The summed E-state index contributed by atoms with van der Waals surface area (Å²) in [5, 5.41) is 10.6. The first kappa shape index (κ1) is 18.8. The zero-order valence-electron chi connectivity index (χ0n) is 16.2. The van der Waals surface area contributed by atoms with Crippen molar-refractivity contribution in [2.75, 3.05) is 13.2 Å².